The zero-order chi connectivity index (χ0) is 30.4. The highest BCUT2D eigenvalue weighted by Crippen LogP contribution is 2.31. The number of carbonyl (C=O) groups excluding carboxylic acids is 1. The Morgan fingerprint density at radius 3 is 2.60 bits per heavy atom. The van der Waals surface area contributed by atoms with Crippen LogP contribution in [0.4, 0.5) is 23.1 Å². The second-order valence-electron chi connectivity index (χ2n) is 11.9. The summed E-state index contributed by atoms with van der Waals surface area (Å²) in [7, 11) is 0.933. The van der Waals surface area contributed by atoms with Crippen molar-refractivity contribution < 1.29 is 14.3 Å². The van der Waals surface area contributed by atoms with Crippen LogP contribution in [-0.4, -0.2) is 78.2 Å². The number of likely N-dealkylation sites (N-methyl/N-ethyl adjacent to an activating group) is 1. The summed E-state index contributed by atoms with van der Waals surface area (Å²) in [6.45, 7) is 15.5. The molecule has 1 aliphatic rings. The first-order valence-electron chi connectivity index (χ1n) is 14.5. The molecule has 0 bridgehead atoms. The fourth-order valence-corrected chi connectivity index (χ4v) is 5.33. The Kier molecular flexibility index (Phi) is 9.39. The predicted octanol–water partition coefficient (Wildman–Crippen LogP) is 5.55. The largest absolute Gasteiger partial charge is 0.438 e. The van der Waals surface area contributed by atoms with Gasteiger partial charge in [0.2, 0.25) is 17.7 Å². The summed E-state index contributed by atoms with van der Waals surface area (Å²) in [5, 5.41) is 6.80. The van der Waals surface area contributed by atoms with Crippen molar-refractivity contribution in [2.45, 2.75) is 32.4 Å². The Morgan fingerprint density at radius 1 is 1.07 bits per heavy atom. The maximum Gasteiger partial charge on any atom is 0.247 e. The van der Waals surface area contributed by atoms with E-state index in [9.17, 15) is 4.79 Å². The van der Waals surface area contributed by atoms with Crippen LogP contribution >= 0.6 is 0 Å². The van der Waals surface area contributed by atoms with Crippen molar-refractivity contribution in [3.8, 4) is 11.6 Å². The lowest BCUT2D eigenvalue weighted by Gasteiger charge is -2.33. The number of piperazine rings is 1. The first kappa shape index (κ1) is 30.2. The number of anilines is 4. The number of pyridine rings is 1. The average molecular weight is 601 g/mol. The second-order valence-corrected chi connectivity index (χ2v) is 17.5. The lowest BCUT2D eigenvalue weighted by Crippen LogP contribution is -2.44. The third-order valence-corrected chi connectivity index (χ3v) is 8.85. The molecule has 5 rings (SSSR count). The van der Waals surface area contributed by atoms with Gasteiger partial charge in [-0.05, 0) is 49.5 Å². The average Bonchev–Trinajstić information content (AvgIpc) is 3.39. The van der Waals surface area contributed by atoms with Gasteiger partial charge < -0.3 is 34.5 Å². The number of nitrogens with zero attached hydrogens (tertiary/aromatic N) is 6. The van der Waals surface area contributed by atoms with Crippen LogP contribution in [0.3, 0.4) is 0 Å². The van der Waals surface area contributed by atoms with E-state index in [0.29, 0.717) is 42.3 Å². The summed E-state index contributed by atoms with van der Waals surface area (Å²) >= 11 is 0. The molecule has 1 aliphatic heterocycles. The quantitative estimate of drug-likeness (QED) is 0.123. The number of hydrogen-bond acceptors (Lipinski definition) is 9. The van der Waals surface area contributed by atoms with Gasteiger partial charge in [-0.1, -0.05) is 32.3 Å². The Labute approximate surface area is 253 Å². The lowest BCUT2D eigenvalue weighted by atomic mass is 10.3. The highest BCUT2D eigenvalue weighted by atomic mass is 28.3. The summed E-state index contributed by atoms with van der Waals surface area (Å²) in [6, 6.07) is 14.1. The van der Waals surface area contributed by atoms with Crippen molar-refractivity contribution in [2.24, 2.45) is 0 Å². The van der Waals surface area contributed by atoms with E-state index in [-0.39, 0.29) is 5.91 Å². The molecule has 43 heavy (non-hydrogen) atoms. The molecule has 1 aromatic carbocycles. The summed E-state index contributed by atoms with van der Waals surface area (Å²) in [6.07, 6.45) is 4.95. The van der Waals surface area contributed by atoms with Gasteiger partial charge in [0.25, 0.3) is 0 Å². The van der Waals surface area contributed by atoms with Gasteiger partial charge in [-0.3, -0.25) is 4.79 Å². The highest BCUT2D eigenvalue weighted by molar-refractivity contribution is 6.76. The van der Waals surface area contributed by atoms with E-state index in [1.165, 1.54) is 6.08 Å². The number of carbonyl (C=O) groups is 1. The van der Waals surface area contributed by atoms with Gasteiger partial charge in [0, 0.05) is 58.8 Å². The molecule has 0 radical (unpaired) electrons. The monoisotopic (exact) mass is 600 g/mol. The number of benzene rings is 1. The highest BCUT2D eigenvalue weighted by Gasteiger charge is 2.18. The van der Waals surface area contributed by atoms with Crippen molar-refractivity contribution in [1.82, 2.24) is 24.4 Å². The lowest BCUT2D eigenvalue weighted by molar-refractivity contribution is -0.111. The molecule has 4 aromatic rings. The fraction of sp³-hybridized carbons (Fsp3) is 0.355. The van der Waals surface area contributed by atoms with Gasteiger partial charge >= 0.3 is 0 Å². The third kappa shape index (κ3) is 8.18. The van der Waals surface area contributed by atoms with E-state index in [2.05, 4.69) is 58.7 Å². The molecule has 2 N–H and O–H groups in total. The summed E-state index contributed by atoms with van der Waals surface area (Å²) in [4.78, 5) is 30.7. The van der Waals surface area contributed by atoms with Crippen molar-refractivity contribution in [2.75, 3.05) is 55.4 Å². The minimum absolute atomic E-state index is 0.300. The van der Waals surface area contributed by atoms with Gasteiger partial charge in [-0.15, -0.1) is 0 Å². The van der Waals surface area contributed by atoms with Crippen molar-refractivity contribution >= 4 is 48.2 Å². The van der Waals surface area contributed by atoms with Crippen molar-refractivity contribution in [3.05, 3.63) is 67.5 Å². The van der Waals surface area contributed by atoms with E-state index < -0.39 is 8.07 Å². The standard InChI is InChI=1S/C31H40N8O3Si/c1-6-28(40)33-23-8-7-9-25(20-23)42-30-26-12-13-39(22-41-18-19-43(3,4)5)29(26)35-31(36-30)34-24-10-11-27(32-21-24)38-16-14-37(2)15-17-38/h6-13,20-21H,1,14-19,22H2,2-5H3,(H,33,40)(H,34,35,36). The number of hydrogen-bond donors (Lipinski definition) is 2. The number of amides is 1. The van der Waals surface area contributed by atoms with Gasteiger partial charge in [0.15, 0.2) is 5.65 Å². The molecule has 226 valence electrons. The zero-order valence-corrected chi connectivity index (χ0v) is 26.3. The molecule has 11 nitrogen and oxygen atoms in total. The number of rotatable bonds is 12. The third-order valence-electron chi connectivity index (χ3n) is 7.14. The van der Waals surface area contributed by atoms with Gasteiger partial charge in [0.1, 0.15) is 18.3 Å². The molecule has 1 fully saturated rings. The number of aromatic nitrogens is 4. The molecule has 3 aromatic heterocycles. The molecule has 0 atom stereocenters. The maximum atomic E-state index is 11.8. The predicted molar refractivity (Wildman–Crippen MR) is 174 cm³/mol. The first-order chi connectivity index (χ1) is 20.7. The number of nitrogens with one attached hydrogen (secondary N) is 2. The van der Waals surface area contributed by atoms with Crippen LogP contribution in [-0.2, 0) is 16.3 Å². The number of fused-ring (bicyclic) bond motifs is 1. The maximum absolute atomic E-state index is 11.8. The molecular formula is C31H40N8O3Si. The Balaban J connectivity index is 1.40. The molecule has 4 heterocycles. The fourth-order valence-electron chi connectivity index (χ4n) is 4.57. The molecule has 1 saturated heterocycles. The number of ether oxygens (including phenoxy) is 2. The molecule has 0 unspecified atom stereocenters. The zero-order valence-electron chi connectivity index (χ0n) is 25.3. The van der Waals surface area contributed by atoms with Gasteiger partial charge in [0.05, 0.1) is 17.3 Å². The molecule has 1 amide bonds. The molecule has 12 heteroatoms. The van der Waals surface area contributed by atoms with E-state index >= 15 is 0 Å². The van der Waals surface area contributed by atoms with Crippen LogP contribution in [0.5, 0.6) is 11.6 Å². The van der Waals surface area contributed by atoms with Crippen LogP contribution < -0.4 is 20.3 Å². The summed E-state index contributed by atoms with van der Waals surface area (Å²) < 4.78 is 14.3. The smallest absolute Gasteiger partial charge is 0.247 e. The van der Waals surface area contributed by atoms with Crippen molar-refractivity contribution in [3.63, 3.8) is 0 Å². The van der Waals surface area contributed by atoms with Gasteiger partial charge in [-0.2, -0.15) is 9.97 Å². The molecule has 0 aliphatic carbocycles. The SMILES string of the molecule is C=CC(=O)Nc1cccc(Oc2nc(Nc3ccc(N4CCN(C)CC4)nc3)nc3c2ccn3COCC[Si](C)(C)C)c1. The van der Waals surface area contributed by atoms with Crippen molar-refractivity contribution in [1.29, 1.82) is 0 Å². The van der Waals surface area contributed by atoms with Crippen LogP contribution in [0.2, 0.25) is 25.7 Å². The normalized spacial score (nSPS) is 14.1. The second kappa shape index (κ2) is 13.4. The first-order valence-corrected chi connectivity index (χ1v) is 18.2. The van der Waals surface area contributed by atoms with Crippen LogP contribution in [0.1, 0.15) is 0 Å². The van der Waals surface area contributed by atoms with E-state index in [1.807, 2.05) is 35.0 Å². The van der Waals surface area contributed by atoms with E-state index in [4.69, 9.17) is 19.4 Å². The van der Waals surface area contributed by atoms with Crippen LogP contribution in [0.25, 0.3) is 11.0 Å². The van der Waals surface area contributed by atoms with Crippen LogP contribution in [0, 0.1) is 0 Å². The molecule has 0 saturated carbocycles. The Bertz CT molecular complexity index is 1560. The topological polar surface area (TPSA) is 110 Å². The molecule has 0 spiro atoms. The Morgan fingerprint density at radius 2 is 1.88 bits per heavy atom. The minimum atomic E-state index is -1.21. The minimum Gasteiger partial charge on any atom is -0.438 e. The van der Waals surface area contributed by atoms with E-state index in [0.717, 1.165) is 49.1 Å². The Hall–Kier alpha value is -4.26. The summed E-state index contributed by atoms with van der Waals surface area (Å²) in [5.74, 6) is 1.92. The van der Waals surface area contributed by atoms with Crippen LogP contribution in [0.15, 0.2) is 67.5 Å². The summed E-state index contributed by atoms with van der Waals surface area (Å²) in [5.41, 5.74) is 2.03. The van der Waals surface area contributed by atoms with Gasteiger partial charge in [-0.25, -0.2) is 4.98 Å². The molecular weight excluding hydrogens is 560 g/mol. The van der Waals surface area contributed by atoms with E-state index in [1.54, 1.807) is 24.4 Å².